The highest BCUT2D eigenvalue weighted by Crippen LogP contribution is 2.36. The Bertz CT molecular complexity index is 1390. The Labute approximate surface area is 187 Å². The molecule has 2 aromatic heterocycles. The van der Waals surface area contributed by atoms with Crippen LogP contribution in [0.25, 0.3) is 22.0 Å². The number of methoxy groups -OCH3 is 1. The zero-order valence-electron chi connectivity index (χ0n) is 17.4. The Hall–Kier alpha value is -3.45. The van der Waals surface area contributed by atoms with Crippen molar-refractivity contribution in [1.82, 2.24) is 9.13 Å². The topological polar surface area (TPSA) is 53.2 Å². The van der Waals surface area contributed by atoms with Crippen molar-refractivity contribution in [3.8, 4) is 11.1 Å². The molecule has 164 valence electrons. The van der Waals surface area contributed by atoms with E-state index < -0.39 is 23.2 Å². The van der Waals surface area contributed by atoms with E-state index >= 15 is 0 Å². The van der Waals surface area contributed by atoms with Gasteiger partial charge in [0, 0.05) is 50.6 Å². The first-order valence-corrected chi connectivity index (χ1v) is 10.2. The molecule has 0 aliphatic heterocycles. The molecule has 0 amide bonds. The second kappa shape index (κ2) is 8.59. The van der Waals surface area contributed by atoms with Crippen LogP contribution in [0.5, 0.6) is 0 Å². The van der Waals surface area contributed by atoms with E-state index in [9.17, 15) is 18.4 Å². The molecule has 5 nitrogen and oxygen atoms in total. The van der Waals surface area contributed by atoms with Gasteiger partial charge in [0.2, 0.25) is 0 Å². The predicted octanol–water partition coefficient (Wildman–Crippen LogP) is 4.93. The summed E-state index contributed by atoms with van der Waals surface area (Å²) in [6.45, 7) is 1.59. The molecule has 4 rings (SSSR count). The van der Waals surface area contributed by atoms with Crippen molar-refractivity contribution < 1.29 is 18.3 Å². The maximum absolute atomic E-state index is 14.1. The van der Waals surface area contributed by atoms with Crippen molar-refractivity contribution in [3.05, 3.63) is 93.0 Å². The molecule has 4 aromatic rings. The largest absolute Gasteiger partial charge is 0.468 e. The number of benzene rings is 2. The van der Waals surface area contributed by atoms with E-state index in [1.54, 1.807) is 29.0 Å². The molecule has 0 saturated heterocycles. The number of hydrogen-bond acceptors (Lipinski definition) is 3. The Morgan fingerprint density at radius 1 is 1.09 bits per heavy atom. The summed E-state index contributed by atoms with van der Waals surface area (Å²) < 4.78 is 36.2. The molecule has 0 aliphatic rings. The van der Waals surface area contributed by atoms with Crippen LogP contribution < -0.4 is 5.56 Å². The molecule has 0 aliphatic carbocycles. The zero-order chi connectivity index (χ0) is 23.0. The Balaban J connectivity index is 1.89. The van der Waals surface area contributed by atoms with Crippen LogP contribution in [0, 0.1) is 18.6 Å². The van der Waals surface area contributed by atoms with Gasteiger partial charge in [-0.3, -0.25) is 9.59 Å². The lowest BCUT2D eigenvalue weighted by atomic mass is 10.0. The third kappa shape index (κ3) is 3.91. The summed E-state index contributed by atoms with van der Waals surface area (Å²) in [7, 11) is 1.32. The number of esters is 1. The van der Waals surface area contributed by atoms with Crippen LogP contribution in [0.4, 0.5) is 8.78 Å². The van der Waals surface area contributed by atoms with Crippen molar-refractivity contribution in [1.29, 1.82) is 0 Å². The summed E-state index contributed by atoms with van der Waals surface area (Å²) in [6.07, 6.45) is 1.55. The van der Waals surface area contributed by atoms with Crippen molar-refractivity contribution >= 4 is 28.5 Å². The van der Waals surface area contributed by atoms with E-state index in [-0.39, 0.29) is 18.7 Å². The second-order valence-electron chi connectivity index (χ2n) is 7.37. The predicted molar refractivity (Wildman–Crippen MR) is 119 cm³/mol. The second-order valence-corrected chi connectivity index (χ2v) is 7.80. The fourth-order valence-electron chi connectivity index (χ4n) is 3.87. The third-order valence-electron chi connectivity index (χ3n) is 5.46. The standard InChI is InChI=1S/C24H19ClF2N2O3/c1-14-24(17-10-16(25)7-8-21(17)29(14)13-23(31)32-2)15-6-9-22(30)28(11-15)12-18-19(26)4-3-5-20(18)27/h3-11H,12-13H2,1-2H3. The summed E-state index contributed by atoms with van der Waals surface area (Å²) in [6, 6.07) is 11.9. The van der Waals surface area contributed by atoms with Crippen molar-refractivity contribution in [3.63, 3.8) is 0 Å². The molecule has 8 heteroatoms. The molecular formula is C24H19ClF2N2O3. The molecule has 0 bridgehead atoms. The first-order valence-electron chi connectivity index (χ1n) is 9.79. The number of fused-ring (bicyclic) bond motifs is 1. The quantitative estimate of drug-likeness (QED) is 0.400. The number of pyridine rings is 1. The highest BCUT2D eigenvalue weighted by Gasteiger charge is 2.19. The van der Waals surface area contributed by atoms with Crippen LogP contribution in [-0.4, -0.2) is 22.2 Å². The van der Waals surface area contributed by atoms with Crippen LogP contribution >= 0.6 is 11.6 Å². The van der Waals surface area contributed by atoms with Crippen LogP contribution in [0.2, 0.25) is 5.02 Å². The fraction of sp³-hybridized carbons (Fsp3) is 0.167. The number of rotatable bonds is 5. The van der Waals surface area contributed by atoms with Gasteiger partial charge in [0.25, 0.3) is 5.56 Å². The molecule has 0 atom stereocenters. The van der Waals surface area contributed by atoms with Crippen LogP contribution in [0.1, 0.15) is 11.3 Å². The Morgan fingerprint density at radius 2 is 1.81 bits per heavy atom. The lowest BCUT2D eigenvalue weighted by molar-refractivity contribution is -0.141. The lowest BCUT2D eigenvalue weighted by Gasteiger charge is -2.11. The van der Waals surface area contributed by atoms with Gasteiger partial charge in [0.1, 0.15) is 18.2 Å². The average Bonchev–Trinajstić information content (AvgIpc) is 3.02. The number of aromatic nitrogens is 2. The Kier molecular flexibility index (Phi) is 5.84. The smallest absolute Gasteiger partial charge is 0.325 e. The van der Waals surface area contributed by atoms with Crippen LogP contribution in [0.15, 0.2) is 59.5 Å². The summed E-state index contributed by atoms with van der Waals surface area (Å²) in [5, 5.41) is 1.29. The number of carbonyl (C=O) groups is 1. The van der Waals surface area contributed by atoms with E-state index in [2.05, 4.69) is 0 Å². The Morgan fingerprint density at radius 3 is 2.50 bits per heavy atom. The van der Waals surface area contributed by atoms with Crippen LogP contribution in [-0.2, 0) is 22.6 Å². The van der Waals surface area contributed by atoms with Crippen molar-refractivity contribution in [2.24, 2.45) is 0 Å². The minimum Gasteiger partial charge on any atom is -0.468 e. The minimum atomic E-state index is -0.722. The SMILES string of the molecule is COC(=O)Cn1c(C)c(-c2ccc(=O)n(Cc3c(F)cccc3F)c2)c2cc(Cl)ccc21. The first-order chi connectivity index (χ1) is 15.3. The summed E-state index contributed by atoms with van der Waals surface area (Å²) in [4.78, 5) is 24.4. The molecule has 0 spiro atoms. The highest BCUT2D eigenvalue weighted by molar-refractivity contribution is 6.31. The molecule has 0 N–H and O–H groups in total. The normalized spacial score (nSPS) is 11.2. The molecule has 0 saturated carbocycles. The molecule has 32 heavy (non-hydrogen) atoms. The number of halogens is 3. The van der Waals surface area contributed by atoms with Crippen molar-refractivity contribution in [2.75, 3.05) is 7.11 Å². The van der Waals surface area contributed by atoms with Crippen LogP contribution in [0.3, 0.4) is 0 Å². The summed E-state index contributed by atoms with van der Waals surface area (Å²) >= 11 is 6.23. The van der Waals surface area contributed by atoms with Crippen molar-refractivity contribution in [2.45, 2.75) is 20.0 Å². The van der Waals surface area contributed by atoms with Gasteiger partial charge in [-0.15, -0.1) is 0 Å². The molecular weight excluding hydrogens is 438 g/mol. The number of hydrogen-bond donors (Lipinski definition) is 0. The number of nitrogens with zero attached hydrogens (tertiary/aromatic N) is 2. The van der Waals surface area contributed by atoms with Gasteiger partial charge in [-0.1, -0.05) is 17.7 Å². The van der Waals surface area contributed by atoms with E-state index in [1.807, 2.05) is 13.0 Å². The molecule has 2 heterocycles. The van der Waals surface area contributed by atoms with Gasteiger partial charge in [0.05, 0.1) is 13.7 Å². The van der Waals surface area contributed by atoms with Gasteiger partial charge < -0.3 is 13.9 Å². The third-order valence-corrected chi connectivity index (χ3v) is 5.70. The molecule has 0 radical (unpaired) electrons. The van der Waals surface area contributed by atoms with Gasteiger partial charge in [-0.25, -0.2) is 8.78 Å². The fourth-order valence-corrected chi connectivity index (χ4v) is 4.04. The minimum absolute atomic E-state index is 0.000538. The maximum Gasteiger partial charge on any atom is 0.325 e. The number of carbonyl (C=O) groups excluding carboxylic acids is 1. The number of ether oxygens (including phenoxy) is 1. The molecule has 0 unspecified atom stereocenters. The van der Waals surface area contributed by atoms with E-state index in [4.69, 9.17) is 16.3 Å². The van der Waals surface area contributed by atoms with Gasteiger partial charge in [-0.2, -0.15) is 0 Å². The van der Waals surface area contributed by atoms with E-state index in [1.165, 1.54) is 23.8 Å². The van der Waals surface area contributed by atoms with Gasteiger partial charge in [0.15, 0.2) is 0 Å². The lowest BCUT2D eigenvalue weighted by Crippen LogP contribution is -2.20. The van der Waals surface area contributed by atoms with Gasteiger partial charge in [-0.05, 0) is 43.3 Å². The van der Waals surface area contributed by atoms with E-state index in [0.717, 1.165) is 34.3 Å². The maximum atomic E-state index is 14.1. The average molecular weight is 457 g/mol. The molecule has 2 aromatic carbocycles. The summed E-state index contributed by atoms with van der Waals surface area (Å²) in [5.74, 6) is -1.86. The van der Waals surface area contributed by atoms with Gasteiger partial charge >= 0.3 is 5.97 Å². The highest BCUT2D eigenvalue weighted by atomic mass is 35.5. The van der Waals surface area contributed by atoms with E-state index in [0.29, 0.717) is 10.6 Å². The monoisotopic (exact) mass is 456 g/mol. The summed E-state index contributed by atoms with van der Waals surface area (Å²) in [5.41, 5.74) is 2.34. The first kappa shape index (κ1) is 21.8. The zero-order valence-corrected chi connectivity index (χ0v) is 18.1. The molecule has 0 fully saturated rings.